The monoisotopic (exact) mass is 508 g/mol. The van der Waals surface area contributed by atoms with Gasteiger partial charge in [0.05, 0.1) is 25.4 Å². The molecule has 1 fully saturated rings. The molecule has 28 heavy (non-hydrogen) atoms. The lowest BCUT2D eigenvalue weighted by Crippen LogP contribution is -2.48. The zero-order valence-electron chi connectivity index (χ0n) is 17.5. The molecular formula is C19H37IN6O2. The van der Waals surface area contributed by atoms with Gasteiger partial charge in [-0.3, -0.25) is 9.89 Å². The summed E-state index contributed by atoms with van der Waals surface area (Å²) in [6, 6.07) is 0. The van der Waals surface area contributed by atoms with Crippen LogP contribution in [0.5, 0.6) is 0 Å². The quantitative estimate of drug-likeness (QED) is 0.191. The second-order valence-corrected chi connectivity index (χ2v) is 7.38. The van der Waals surface area contributed by atoms with Crippen molar-refractivity contribution in [3.8, 4) is 0 Å². The molecule has 1 atom stereocenters. The van der Waals surface area contributed by atoms with Gasteiger partial charge in [-0.2, -0.15) is 0 Å². The van der Waals surface area contributed by atoms with Crippen molar-refractivity contribution in [1.82, 2.24) is 25.1 Å². The lowest BCUT2D eigenvalue weighted by atomic mass is 10.1. The molecule has 1 unspecified atom stereocenters. The van der Waals surface area contributed by atoms with E-state index >= 15 is 0 Å². The smallest absolute Gasteiger partial charge is 0.191 e. The Hall–Kier alpha value is -0.910. The molecule has 8 nitrogen and oxygen atoms in total. The number of rotatable bonds is 10. The zero-order chi connectivity index (χ0) is 19.5. The van der Waals surface area contributed by atoms with E-state index in [1.807, 2.05) is 33.2 Å². The standard InChI is InChI=1S/C19H36N6O2.HI/c1-4-20-18(22-7-5-6-9-25-10-8-21-17(25)2)23-15-19(3,26)16-24-11-13-27-14-12-24;/h8,10,26H,4-7,9,11-16H2,1-3H3,(H2,20,22,23);1H. The van der Waals surface area contributed by atoms with Crippen LogP contribution in [0.1, 0.15) is 32.5 Å². The highest BCUT2D eigenvalue weighted by atomic mass is 127. The number of aryl methyl sites for hydroxylation is 2. The van der Waals surface area contributed by atoms with Crippen molar-refractivity contribution < 1.29 is 9.84 Å². The van der Waals surface area contributed by atoms with Crippen LogP contribution in [0.2, 0.25) is 0 Å². The molecule has 2 rings (SSSR count). The van der Waals surface area contributed by atoms with E-state index in [1.54, 1.807) is 0 Å². The summed E-state index contributed by atoms with van der Waals surface area (Å²) in [4.78, 5) is 11.1. The van der Waals surface area contributed by atoms with E-state index in [-0.39, 0.29) is 24.0 Å². The molecule has 0 aliphatic carbocycles. The number of hydrogen-bond donors (Lipinski definition) is 3. The fourth-order valence-electron chi connectivity index (χ4n) is 3.14. The second-order valence-electron chi connectivity index (χ2n) is 7.38. The minimum Gasteiger partial charge on any atom is -0.387 e. The van der Waals surface area contributed by atoms with Crippen LogP contribution in [0.15, 0.2) is 17.4 Å². The predicted molar refractivity (Wildman–Crippen MR) is 123 cm³/mol. The van der Waals surface area contributed by atoms with Gasteiger partial charge in [-0.25, -0.2) is 4.98 Å². The summed E-state index contributed by atoms with van der Waals surface area (Å²) in [5.41, 5.74) is -0.849. The maximum Gasteiger partial charge on any atom is 0.191 e. The van der Waals surface area contributed by atoms with Gasteiger partial charge in [-0.05, 0) is 33.6 Å². The lowest BCUT2D eigenvalue weighted by molar-refractivity contribution is -0.0179. The summed E-state index contributed by atoms with van der Waals surface area (Å²) in [5.74, 6) is 1.82. The van der Waals surface area contributed by atoms with Crippen molar-refractivity contribution in [3.05, 3.63) is 18.2 Å². The summed E-state index contributed by atoms with van der Waals surface area (Å²) in [6.07, 6.45) is 5.99. The van der Waals surface area contributed by atoms with Crippen LogP contribution in [0.25, 0.3) is 0 Å². The Kier molecular flexibility index (Phi) is 12.0. The number of halogens is 1. The van der Waals surface area contributed by atoms with Gasteiger partial charge in [0.15, 0.2) is 5.96 Å². The average molecular weight is 508 g/mol. The number of hydrogen-bond acceptors (Lipinski definition) is 5. The first-order chi connectivity index (χ1) is 13.0. The van der Waals surface area contributed by atoms with E-state index in [9.17, 15) is 5.11 Å². The second kappa shape index (κ2) is 13.3. The number of ether oxygens (including phenoxy) is 1. The van der Waals surface area contributed by atoms with Crippen LogP contribution >= 0.6 is 24.0 Å². The zero-order valence-corrected chi connectivity index (χ0v) is 19.8. The first-order valence-corrected chi connectivity index (χ1v) is 10.0. The summed E-state index contributed by atoms with van der Waals surface area (Å²) in [7, 11) is 0. The first-order valence-electron chi connectivity index (χ1n) is 10.0. The third kappa shape index (κ3) is 9.53. The van der Waals surface area contributed by atoms with E-state index in [1.165, 1.54) is 0 Å². The van der Waals surface area contributed by atoms with Crippen molar-refractivity contribution in [2.24, 2.45) is 4.99 Å². The summed E-state index contributed by atoms with van der Waals surface area (Å²) in [5, 5.41) is 17.3. The van der Waals surface area contributed by atoms with Gasteiger partial charge in [0.25, 0.3) is 0 Å². The number of imidazole rings is 1. The van der Waals surface area contributed by atoms with Gasteiger partial charge >= 0.3 is 0 Å². The molecule has 0 radical (unpaired) electrons. The Morgan fingerprint density at radius 3 is 2.71 bits per heavy atom. The van der Waals surface area contributed by atoms with E-state index in [4.69, 9.17) is 4.74 Å². The fraction of sp³-hybridized carbons (Fsp3) is 0.789. The Labute approximate surface area is 186 Å². The van der Waals surface area contributed by atoms with Crippen molar-refractivity contribution in [3.63, 3.8) is 0 Å². The Balaban J connectivity index is 0.00000392. The number of aliphatic imine (C=N–C) groups is 1. The Morgan fingerprint density at radius 2 is 2.07 bits per heavy atom. The highest BCUT2D eigenvalue weighted by Crippen LogP contribution is 2.09. The number of aromatic nitrogens is 2. The van der Waals surface area contributed by atoms with Gasteiger partial charge in [-0.1, -0.05) is 0 Å². The Bertz CT molecular complexity index is 573. The number of unbranched alkanes of at least 4 members (excludes halogenated alkanes) is 1. The molecule has 2 heterocycles. The van der Waals surface area contributed by atoms with E-state index in [0.29, 0.717) is 13.1 Å². The maximum absolute atomic E-state index is 10.7. The van der Waals surface area contributed by atoms with Gasteiger partial charge < -0.3 is 25.0 Å². The predicted octanol–water partition coefficient (Wildman–Crippen LogP) is 1.23. The van der Waals surface area contributed by atoms with E-state index in [0.717, 1.165) is 70.6 Å². The topological polar surface area (TPSA) is 86.9 Å². The Morgan fingerprint density at radius 1 is 1.32 bits per heavy atom. The van der Waals surface area contributed by atoms with Crippen LogP contribution in [0.3, 0.4) is 0 Å². The molecule has 0 aromatic carbocycles. The molecule has 0 amide bonds. The van der Waals surface area contributed by atoms with Crippen LogP contribution < -0.4 is 10.6 Å². The minimum atomic E-state index is -0.849. The summed E-state index contributed by atoms with van der Waals surface area (Å²) in [6.45, 7) is 12.8. The molecule has 0 bridgehead atoms. The third-order valence-corrected chi connectivity index (χ3v) is 4.63. The molecule has 1 aliphatic heterocycles. The minimum absolute atomic E-state index is 0. The number of guanidine groups is 1. The largest absolute Gasteiger partial charge is 0.387 e. The molecule has 1 aromatic rings. The number of nitrogens with one attached hydrogen (secondary N) is 2. The molecule has 3 N–H and O–H groups in total. The lowest BCUT2D eigenvalue weighted by Gasteiger charge is -2.33. The van der Waals surface area contributed by atoms with Gasteiger partial charge in [0, 0.05) is 51.7 Å². The van der Waals surface area contributed by atoms with Gasteiger partial charge in [-0.15, -0.1) is 24.0 Å². The van der Waals surface area contributed by atoms with E-state index < -0.39 is 5.60 Å². The highest BCUT2D eigenvalue weighted by molar-refractivity contribution is 14.0. The third-order valence-electron chi connectivity index (χ3n) is 4.63. The fourth-order valence-corrected chi connectivity index (χ4v) is 3.14. The van der Waals surface area contributed by atoms with E-state index in [2.05, 4.69) is 30.1 Å². The maximum atomic E-state index is 10.7. The molecule has 1 aromatic heterocycles. The van der Waals surface area contributed by atoms with Crippen molar-refractivity contribution in [1.29, 1.82) is 0 Å². The van der Waals surface area contributed by atoms with Crippen LogP contribution in [0.4, 0.5) is 0 Å². The number of nitrogens with zero attached hydrogens (tertiary/aromatic N) is 4. The molecule has 1 aliphatic rings. The number of morpholine rings is 1. The van der Waals surface area contributed by atoms with Crippen molar-refractivity contribution in [2.75, 3.05) is 52.5 Å². The molecule has 162 valence electrons. The first kappa shape index (κ1) is 25.1. The SMILES string of the molecule is CCNC(=NCC(C)(O)CN1CCOCC1)NCCCCn1ccnc1C.I. The molecular weight excluding hydrogens is 471 g/mol. The van der Waals surface area contributed by atoms with Crippen LogP contribution in [-0.4, -0.2) is 83.6 Å². The van der Waals surface area contributed by atoms with Crippen LogP contribution in [-0.2, 0) is 11.3 Å². The van der Waals surface area contributed by atoms with Gasteiger partial charge in [0.2, 0.25) is 0 Å². The van der Waals surface area contributed by atoms with Crippen LogP contribution in [0, 0.1) is 6.92 Å². The normalized spacial score (nSPS) is 17.6. The van der Waals surface area contributed by atoms with Crippen molar-refractivity contribution in [2.45, 2.75) is 45.8 Å². The van der Waals surface area contributed by atoms with Crippen molar-refractivity contribution >= 4 is 29.9 Å². The summed E-state index contributed by atoms with van der Waals surface area (Å²) >= 11 is 0. The number of β-amino-alcohol motifs (C(OH)–C–C–N with tert-alkyl or cyclic N) is 1. The highest BCUT2D eigenvalue weighted by Gasteiger charge is 2.25. The molecule has 9 heteroatoms. The molecule has 0 saturated carbocycles. The number of aliphatic hydroxyl groups is 1. The summed E-state index contributed by atoms with van der Waals surface area (Å²) < 4.78 is 7.53. The average Bonchev–Trinajstić information content (AvgIpc) is 3.05. The molecule has 0 spiro atoms. The van der Waals surface area contributed by atoms with Gasteiger partial charge in [0.1, 0.15) is 5.82 Å². The molecule has 1 saturated heterocycles.